The number of nitrogens with one attached hydrogen (secondary N) is 2. The minimum Gasteiger partial charge on any atom is -0.338 e. The molecule has 4 rings (SSSR count). The summed E-state index contributed by atoms with van der Waals surface area (Å²) in [7, 11) is 0. The Balaban J connectivity index is 1.48. The average molecular weight is 324 g/mol. The number of amides is 1. The molecule has 0 saturated carbocycles. The van der Waals surface area contributed by atoms with Gasteiger partial charge in [-0.15, -0.1) is 0 Å². The predicted octanol–water partition coefficient (Wildman–Crippen LogP) is 2.08. The molecule has 1 amide bonds. The zero-order chi connectivity index (χ0) is 16.5. The van der Waals surface area contributed by atoms with Crippen molar-refractivity contribution in [2.75, 3.05) is 13.1 Å². The number of fused-ring (bicyclic) bond motifs is 1. The molecule has 0 spiro atoms. The lowest BCUT2D eigenvalue weighted by atomic mass is 9.92. The van der Waals surface area contributed by atoms with Crippen molar-refractivity contribution < 1.29 is 4.79 Å². The fourth-order valence-corrected chi connectivity index (χ4v) is 3.44. The molecule has 0 aliphatic carbocycles. The summed E-state index contributed by atoms with van der Waals surface area (Å²) in [5.74, 6) is 0.545. The van der Waals surface area contributed by atoms with Gasteiger partial charge in [0.25, 0.3) is 5.91 Å². The average Bonchev–Trinajstić information content (AvgIpc) is 3.23. The molecule has 1 fully saturated rings. The molecule has 0 radical (unpaired) electrons. The fraction of sp³-hybridized carbons (Fsp3) is 0.412. The van der Waals surface area contributed by atoms with Gasteiger partial charge in [0, 0.05) is 24.3 Å². The van der Waals surface area contributed by atoms with E-state index < -0.39 is 0 Å². The molecule has 7 nitrogen and oxygen atoms in total. The second-order valence-electron chi connectivity index (χ2n) is 6.52. The number of nitrogens with zero attached hydrogens (tertiary/aromatic N) is 4. The standard InChI is InChI=1S/C17H20N6O/c1-11-9-18-19-15(11)7-12-3-2-6-23(10-12)17(24)13-4-5-14-16(8-13)21-22-20-14/h4-5,8-9,12H,2-3,6-7,10H2,1H3,(H,18,19)(H,20,21,22)/t12-/m1/s1. The van der Waals surface area contributed by atoms with Crippen LogP contribution in [-0.4, -0.2) is 49.5 Å². The van der Waals surface area contributed by atoms with E-state index in [-0.39, 0.29) is 5.91 Å². The summed E-state index contributed by atoms with van der Waals surface area (Å²) in [4.78, 5) is 14.8. The van der Waals surface area contributed by atoms with Crippen LogP contribution in [0.2, 0.25) is 0 Å². The lowest BCUT2D eigenvalue weighted by molar-refractivity contribution is 0.0673. The minimum atomic E-state index is 0.0749. The van der Waals surface area contributed by atoms with E-state index in [2.05, 4.69) is 32.5 Å². The molecule has 2 N–H and O–H groups in total. The number of H-pyrrole nitrogens is 2. The molecule has 0 bridgehead atoms. The highest BCUT2D eigenvalue weighted by atomic mass is 16.2. The Morgan fingerprint density at radius 2 is 2.21 bits per heavy atom. The SMILES string of the molecule is Cc1cn[nH]c1C[C@H]1CCCN(C(=O)c2ccc3n[nH]nc3c2)C1. The molecular weight excluding hydrogens is 304 g/mol. The molecule has 24 heavy (non-hydrogen) atoms. The largest absolute Gasteiger partial charge is 0.338 e. The highest BCUT2D eigenvalue weighted by Gasteiger charge is 2.25. The first-order valence-electron chi connectivity index (χ1n) is 8.29. The molecular formula is C17H20N6O. The van der Waals surface area contributed by atoms with Crippen LogP contribution in [0.1, 0.15) is 34.5 Å². The van der Waals surface area contributed by atoms with Crippen LogP contribution < -0.4 is 0 Å². The number of rotatable bonds is 3. The van der Waals surface area contributed by atoms with Gasteiger partial charge < -0.3 is 4.90 Å². The monoisotopic (exact) mass is 324 g/mol. The van der Waals surface area contributed by atoms with Gasteiger partial charge in [-0.3, -0.25) is 9.89 Å². The Bertz CT molecular complexity index is 867. The number of piperidine rings is 1. The highest BCUT2D eigenvalue weighted by Crippen LogP contribution is 2.23. The Labute approximate surface area is 139 Å². The number of aromatic amines is 2. The van der Waals surface area contributed by atoms with Gasteiger partial charge in [0.15, 0.2) is 0 Å². The van der Waals surface area contributed by atoms with E-state index in [0.717, 1.165) is 43.4 Å². The van der Waals surface area contributed by atoms with Crippen molar-refractivity contribution in [2.45, 2.75) is 26.2 Å². The second-order valence-corrected chi connectivity index (χ2v) is 6.52. The van der Waals surface area contributed by atoms with Crippen LogP contribution in [0.25, 0.3) is 11.0 Å². The molecule has 1 atom stereocenters. The maximum absolute atomic E-state index is 12.8. The van der Waals surface area contributed by atoms with Gasteiger partial charge >= 0.3 is 0 Å². The summed E-state index contributed by atoms with van der Waals surface area (Å²) >= 11 is 0. The Morgan fingerprint density at radius 1 is 1.33 bits per heavy atom. The van der Waals surface area contributed by atoms with Crippen LogP contribution in [0.15, 0.2) is 24.4 Å². The topological polar surface area (TPSA) is 90.6 Å². The Morgan fingerprint density at radius 3 is 3.04 bits per heavy atom. The van der Waals surface area contributed by atoms with E-state index in [1.807, 2.05) is 29.3 Å². The van der Waals surface area contributed by atoms with Crippen LogP contribution in [-0.2, 0) is 6.42 Å². The van der Waals surface area contributed by atoms with Crippen molar-refractivity contribution in [3.05, 3.63) is 41.2 Å². The van der Waals surface area contributed by atoms with E-state index in [4.69, 9.17) is 0 Å². The normalized spacial score (nSPS) is 18.2. The van der Waals surface area contributed by atoms with Gasteiger partial charge in [0.1, 0.15) is 11.0 Å². The van der Waals surface area contributed by atoms with Crippen molar-refractivity contribution in [1.29, 1.82) is 0 Å². The smallest absolute Gasteiger partial charge is 0.253 e. The highest BCUT2D eigenvalue weighted by molar-refractivity contribution is 5.97. The molecule has 7 heteroatoms. The number of likely N-dealkylation sites (tertiary alicyclic amines) is 1. The van der Waals surface area contributed by atoms with Crippen molar-refractivity contribution >= 4 is 16.9 Å². The third-order valence-corrected chi connectivity index (χ3v) is 4.80. The van der Waals surface area contributed by atoms with E-state index >= 15 is 0 Å². The quantitative estimate of drug-likeness (QED) is 0.772. The zero-order valence-electron chi connectivity index (χ0n) is 13.6. The summed E-state index contributed by atoms with van der Waals surface area (Å²) in [6.45, 7) is 3.67. The lowest BCUT2D eigenvalue weighted by Crippen LogP contribution is -2.40. The van der Waals surface area contributed by atoms with Crippen LogP contribution in [0.3, 0.4) is 0 Å². The fourth-order valence-electron chi connectivity index (χ4n) is 3.44. The first-order chi connectivity index (χ1) is 11.7. The third kappa shape index (κ3) is 2.77. The maximum Gasteiger partial charge on any atom is 0.253 e. The molecule has 1 aromatic carbocycles. The molecule has 3 heterocycles. The van der Waals surface area contributed by atoms with E-state index in [0.29, 0.717) is 11.5 Å². The van der Waals surface area contributed by atoms with Crippen LogP contribution >= 0.6 is 0 Å². The Kier molecular flexibility index (Phi) is 3.76. The van der Waals surface area contributed by atoms with Crippen LogP contribution in [0.5, 0.6) is 0 Å². The Hall–Kier alpha value is -2.70. The number of benzene rings is 1. The predicted molar refractivity (Wildman–Crippen MR) is 89.5 cm³/mol. The van der Waals surface area contributed by atoms with Gasteiger partial charge in [0.05, 0.1) is 6.20 Å². The van der Waals surface area contributed by atoms with Crippen molar-refractivity contribution in [3.8, 4) is 0 Å². The van der Waals surface area contributed by atoms with Crippen molar-refractivity contribution in [2.24, 2.45) is 5.92 Å². The van der Waals surface area contributed by atoms with E-state index in [9.17, 15) is 4.79 Å². The molecule has 124 valence electrons. The molecule has 0 unspecified atom stereocenters. The molecule has 2 aromatic heterocycles. The van der Waals surface area contributed by atoms with Gasteiger partial charge in [0.2, 0.25) is 0 Å². The van der Waals surface area contributed by atoms with Gasteiger partial charge in [-0.05, 0) is 55.9 Å². The summed E-state index contributed by atoms with van der Waals surface area (Å²) < 4.78 is 0. The van der Waals surface area contributed by atoms with Gasteiger partial charge in [-0.1, -0.05) is 0 Å². The number of carbonyl (C=O) groups is 1. The lowest BCUT2D eigenvalue weighted by Gasteiger charge is -2.32. The summed E-state index contributed by atoms with van der Waals surface area (Å²) in [6.07, 6.45) is 4.98. The first-order valence-corrected chi connectivity index (χ1v) is 8.29. The van der Waals surface area contributed by atoms with Crippen molar-refractivity contribution in [1.82, 2.24) is 30.5 Å². The molecule has 1 saturated heterocycles. The minimum absolute atomic E-state index is 0.0749. The zero-order valence-corrected chi connectivity index (χ0v) is 13.6. The second kappa shape index (κ2) is 6.07. The van der Waals surface area contributed by atoms with E-state index in [1.165, 1.54) is 11.3 Å². The summed E-state index contributed by atoms with van der Waals surface area (Å²) in [5, 5.41) is 17.8. The van der Waals surface area contributed by atoms with Crippen LogP contribution in [0, 0.1) is 12.8 Å². The number of hydrogen-bond donors (Lipinski definition) is 2. The van der Waals surface area contributed by atoms with Crippen molar-refractivity contribution in [3.63, 3.8) is 0 Å². The number of hydrogen-bond acceptors (Lipinski definition) is 4. The third-order valence-electron chi connectivity index (χ3n) is 4.80. The number of aromatic nitrogens is 5. The van der Waals surface area contributed by atoms with Crippen LogP contribution in [0.4, 0.5) is 0 Å². The number of aryl methyl sites for hydroxylation is 1. The summed E-state index contributed by atoms with van der Waals surface area (Å²) in [6, 6.07) is 5.47. The number of carbonyl (C=O) groups excluding carboxylic acids is 1. The van der Waals surface area contributed by atoms with Gasteiger partial charge in [-0.25, -0.2) is 0 Å². The molecule has 1 aliphatic rings. The molecule has 1 aliphatic heterocycles. The first kappa shape index (κ1) is 14.9. The van der Waals surface area contributed by atoms with E-state index in [1.54, 1.807) is 0 Å². The van der Waals surface area contributed by atoms with Gasteiger partial charge in [-0.2, -0.15) is 20.5 Å². The summed E-state index contributed by atoms with van der Waals surface area (Å²) in [5.41, 5.74) is 4.54. The maximum atomic E-state index is 12.8. The molecule has 3 aromatic rings.